The maximum Gasteiger partial charge on any atom is 0.293 e. The third-order valence-corrected chi connectivity index (χ3v) is 4.64. The van der Waals surface area contributed by atoms with Crippen molar-refractivity contribution in [3.63, 3.8) is 0 Å². The zero-order valence-electron chi connectivity index (χ0n) is 12.4. The van der Waals surface area contributed by atoms with Crippen LogP contribution in [0.15, 0.2) is 18.3 Å². The van der Waals surface area contributed by atoms with E-state index < -0.39 is 16.3 Å². The number of rotatable bonds is 5. The summed E-state index contributed by atoms with van der Waals surface area (Å²) in [5.74, 6) is -0.185. The Kier molecular flexibility index (Phi) is 4.23. The summed E-state index contributed by atoms with van der Waals surface area (Å²) < 4.78 is 4.77. The molecule has 114 valence electrons. The van der Waals surface area contributed by atoms with Gasteiger partial charge in [-0.3, -0.25) is 14.6 Å². The molecule has 2 unspecified atom stereocenters. The normalized spacial score (nSPS) is 24.7. The van der Waals surface area contributed by atoms with Crippen molar-refractivity contribution >= 4 is 24.0 Å². The Labute approximate surface area is 129 Å². The maximum atomic E-state index is 12.8. The second-order valence-electron chi connectivity index (χ2n) is 5.70. The molecule has 0 spiro atoms. The molecule has 0 radical (unpaired) electrons. The molecule has 1 aliphatic heterocycles. The average Bonchev–Trinajstić information content (AvgIpc) is 2.45. The van der Waals surface area contributed by atoms with E-state index in [4.69, 9.17) is 16.3 Å². The molecule has 6 heteroatoms. The highest BCUT2D eigenvalue weighted by Gasteiger charge is 2.53. The first-order valence-corrected chi connectivity index (χ1v) is 7.31. The molecule has 5 nitrogen and oxygen atoms in total. The molecule has 0 saturated heterocycles. The molecule has 21 heavy (non-hydrogen) atoms. The van der Waals surface area contributed by atoms with Crippen molar-refractivity contribution < 1.29 is 14.3 Å². The fourth-order valence-corrected chi connectivity index (χ4v) is 3.37. The highest BCUT2D eigenvalue weighted by atomic mass is 35.5. The number of amides is 1. The van der Waals surface area contributed by atoms with Crippen molar-refractivity contribution in [2.24, 2.45) is 0 Å². The van der Waals surface area contributed by atoms with Crippen molar-refractivity contribution in [2.45, 2.75) is 43.5 Å². The van der Waals surface area contributed by atoms with Gasteiger partial charge in [-0.1, -0.05) is 13.0 Å². The first-order chi connectivity index (χ1) is 9.90. The summed E-state index contributed by atoms with van der Waals surface area (Å²) in [4.78, 5) is 27.6. The van der Waals surface area contributed by atoms with E-state index in [1.165, 1.54) is 0 Å². The van der Waals surface area contributed by atoms with Gasteiger partial charge in [-0.25, -0.2) is 0 Å². The minimum atomic E-state index is -1.00. The molecule has 0 saturated carbocycles. The Bertz CT molecular complexity index is 562. The molecule has 0 aliphatic carbocycles. The molecule has 0 fully saturated rings. The van der Waals surface area contributed by atoms with Crippen LogP contribution >= 0.6 is 11.6 Å². The first kappa shape index (κ1) is 15.8. The number of halogens is 1. The van der Waals surface area contributed by atoms with Crippen LogP contribution in [0.1, 0.15) is 38.4 Å². The number of nitrogens with one attached hydrogen (secondary N) is 1. The predicted molar refractivity (Wildman–Crippen MR) is 79.0 cm³/mol. The van der Waals surface area contributed by atoms with Crippen molar-refractivity contribution in [1.29, 1.82) is 0 Å². The molecule has 2 heterocycles. The summed E-state index contributed by atoms with van der Waals surface area (Å²) in [6.07, 6.45) is 2.12. The number of nitrogens with zero attached hydrogens (tertiary/aromatic N) is 1. The van der Waals surface area contributed by atoms with Gasteiger partial charge < -0.3 is 10.1 Å². The quantitative estimate of drug-likeness (QED) is 0.666. The molecule has 2 rings (SSSR count). The van der Waals surface area contributed by atoms with E-state index in [2.05, 4.69) is 10.3 Å². The van der Waals surface area contributed by atoms with Gasteiger partial charge in [0.2, 0.25) is 5.91 Å². The van der Waals surface area contributed by atoms with Crippen LogP contribution in [0.4, 0.5) is 0 Å². The Morgan fingerprint density at radius 3 is 2.86 bits per heavy atom. The van der Waals surface area contributed by atoms with E-state index in [1.54, 1.807) is 6.20 Å². The number of hydrogen-bond acceptors (Lipinski definition) is 4. The van der Waals surface area contributed by atoms with Crippen LogP contribution in [0.5, 0.6) is 0 Å². The van der Waals surface area contributed by atoms with Gasteiger partial charge in [0.15, 0.2) is 0 Å². The lowest BCUT2D eigenvalue weighted by molar-refractivity contribution is -0.134. The summed E-state index contributed by atoms with van der Waals surface area (Å²) in [6.45, 7) is 6.03. The molecule has 1 amide bonds. The molecule has 1 aromatic heterocycles. The van der Waals surface area contributed by atoms with E-state index >= 15 is 0 Å². The predicted octanol–water partition coefficient (Wildman–Crippen LogP) is 1.87. The minimum Gasteiger partial charge on any atom is -0.466 e. The number of aromatic nitrogens is 1. The van der Waals surface area contributed by atoms with Gasteiger partial charge in [0, 0.05) is 6.20 Å². The fraction of sp³-hybridized carbons (Fsp3) is 0.533. The van der Waals surface area contributed by atoms with Crippen LogP contribution in [0.25, 0.3) is 0 Å². The van der Waals surface area contributed by atoms with E-state index in [1.807, 2.05) is 32.9 Å². The van der Waals surface area contributed by atoms with E-state index in [0.29, 0.717) is 18.6 Å². The topological polar surface area (TPSA) is 68.3 Å². The summed E-state index contributed by atoms with van der Waals surface area (Å²) >= 11 is 6.43. The number of fused-ring (bicyclic) bond motifs is 1. The van der Waals surface area contributed by atoms with Gasteiger partial charge in [0.25, 0.3) is 6.47 Å². The summed E-state index contributed by atoms with van der Waals surface area (Å²) in [5, 5.41) is 2.32. The molecular formula is C15H19ClN2O3. The largest absolute Gasteiger partial charge is 0.466 e. The van der Waals surface area contributed by atoms with Gasteiger partial charge in [-0.05, 0) is 31.9 Å². The van der Waals surface area contributed by atoms with Gasteiger partial charge in [0.1, 0.15) is 12.0 Å². The van der Waals surface area contributed by atoms with Crippen molar-refractivity contribution in [3.05, 3.63) is 29.6 Å². The van der Waals surface area contributed by atoms with E-state index in [0.717, 1.165) is 5.56 Å². The second kappa shape index (κ2) is 5.64. The minimum absolute atomic E-state index is 0.0389. The summed E-state index contributed by atoms with van der Waals surface area (Å²) in [5.41, 5.74) is 0.0805. The van der Waals surface area contributed by atoms with E-state index in [9.17, 15) is 9.59 Å². The van der Waals surface area contributed by atoms with Crippen molar-refractivity contribution in [2.75, 3.05) is 6.61 Å². The molecule has 1 N–H and O–H groups in total. The van der Waals surface area contributed by atoms with Crippen LogP contribution in [-0.4, -0.2) is 29.3 Å². The molecule has 0 bridgehead atoms. The highest BCUT2D eigenvalue weighted by Crippen LogP contribution is 2.43. The van der Waals surface area contributed by atoms with Crippen LogP contribution < -0.4 is 5.32 Å². The maximum absolute atomic E-state index is 12.8. The van der Waals surface area contributed by atoms with Crippen LogP contribution in [-0.2, 0) is 25.3 Å². The lowest BCUT2D eigenvalue weighted by Gasteiger charge is -2.45. The summed E-state index contributed by atoms with van der Waals surface area (Å²) in [6, 6.07) is 3.78. The monoisotopic (exact) mass is 310 g/mol. The summed E-state index contributed by atoms with van der Waals surface area (Å²) in [7, 11) is 0. The van der Waals surface area contributed by atoms with Gasteiger partial charge in [-0.2, -0.15) is 0 Å². The Hall–Kier alpha value is -1.62. The smallest absolute Gasteiger partial charge is 0.293 e. The number of carbonyl (C=O) groups is 2. The number of alkyl halides is 1. The number of pyridine rings is 1. The first-order valence-electron chi connectivity index (χ1n) is 6.88. The second-order valence-corrected chi connectivity index (χ2v) is 6.23. The Morgan fingerprint density at radius 2 is 2.24 bits per heavy atom. The standard InChI is InChI=1S/C15H19ClN2O3/c1-4-15(11(16)8-21-9-19)12-10(6-5-7-17-12)14(2,3)18-13(15)20/h5-7,9,11H,4,8H2,1-3H3,(H,18,20). The van der Waals surface area contributed by atoms with Crippen molar-refractivity contribution in [1.82, 2.24) is 10.3 Å². The molecule has 1 aromatic rings. The molecular weight excluding hydrogens is 292 g/mol. The number of carbonyl (C=O) groups excluding carboxylic acids is 2. The Balaban J connectivity index is 2.59. The zero-order valence-corrected chi connectivity index (χ0v) is 13.1. The lowest BCUT2D eigenvalue weighted by Crippen LogP contribution is -2.61. The van der Waals surface area contributed by atoms with Gasteiger partial charge in [0.05, 0.1) is 16.6 Å². The van der Waals surface area contributed by atoms with Crippen LogP contribution in [0, 0.1) is 0 Å². The SMILES string of the molecule is CCC1(C(Cl)COC=O)C(=O)NC(C)(C)c2cccnc21. The molecule has 1 aliphatic rings. The van der Waals surface area contributed by atoms with E-state index in [-0.39, 0.29) is 12.5 Å². The van der Waals surface area contributed by atoms with Gasteiger partial charge in [-0.15, -0.1) is 11.6 Å². The third kappa shape index (κ3) is 2.39. The zero-order chi connectivity index (χ0) is 15.7. The fourth-order valence-electron chi connectivity index (χ4n) is 2.94. The molecule has 0 aromatic carbocycles. The third-order valence-electron chi connectivity index (χ3n) is 4.14. The molecule has 2 atom stereocenters. The van der Waals surface area contributed by atoms with Crippen LogP contribution in [0.2, 0.25) is 0 Å². The van der Waals surface area contributed by atoms with Crippen LogP contribution in [0.3, 0.4) is 0 Å². The lowest BCUT2D eigenvalue weighted by atomic mass is 9.69. The number of hydrogen-bond donors (Lipinski definition) is 1. The van der Waals surface area contributed by atoms with Gasteiger partial charge >= 0.3 is 0 Å². The Morgan fingerprint density at radius 1 is 1.52 bits per heavy atom. The number of ether oxygens (including phenoxy) is 1. The average molecular weight is 311 g/mol. The highest BCUT2D eigenvalue weighted by molar-refractivity contribution is 6.24. The van der Waals surface area contributed by atoms with Crippen molar-refractivity contribution in [3.8, 4) is 0 Å².